The average Bonchev–Trinajstić information content (AvgIpc) is 2.73. The summed E-state index contributed by atoms with van der Waals surface area (Å²) >= 11 is 5.90. The summed E-state index contributed by atoms with van der Waals surface area (Å²) in [6.45, 7) is 0.553. The first-order valence-electron chi connectivity index (χ1n) is 9.21. The highest BCUT2D eigenvalue weighted by Crippen LogP contribution is 2.28. The van der Waals surface area contributed by atoms with Crippen molar-refractivity contribution in [1.29, 1.82) is 0 Å². The summed E-state index contributed by atoms with van der Waals surface area (Å²) in [5.74, 6) is 0. The fourth-order valence-corrected chi connectivity index (χ4v) is 6.18. The molecule has 1 aliphatic rings. The third-order valence-corrected chi connectivity index (χ3v) is 8.40. The minimum Gasteiger partial charge on any atom is -0.280 e. The number of sulfonamides is 2. The van der Waals surface area contributed by atoms with Crippen molar-refractivity contribution >= 4 is 37.3 Å². The fraction of sp³-hybridized carbons (Fsp3) is 0.143. The van der Waals surface area contributed by atoms with E-state index in [1.54, 1.807) is 54.6 Å². The molecule has 156 valence electrons. The highest BCUT2D eigenvalue weighted by molar-refractivity contribution is 7.92. The van der Waals surface area contributed by atoms with E-state index < -0.39 is 20.0 Å². The lowest BCUT2D eigenvalue weighted by Crippen LogP contribution is -2.36. The third kappa shape index (κ3) is 4.22. The molecule has 0 spiro atoms. The van der Waals surface area contributed by atoms with Crippen molar-refractivity contribution in [2.75, 3.05) is 11.3 Å². The normalized spacial score (nSPS) is 14.8. The van der Waals surface area contributed by atoms with Crippen LogP contribution in [-0.2, 0) is 33.0 Å². The van der Waals surface area contributed by atoms with Crippen LogP contribution in [0.4, 0.5) is 5.69 Å². The van der Waals surface area contributed by atoms with Gasteiger partial charge in [-0.1, -0.05) is 41.9 Å². The Morgan fingerprint density at radius 1 is 0.800 bits per heavy atom. The minimum atomic E-state index is -3.81. The van der Waals surface area contributed by atoms with Crippen LogP contribution in [0.3, 0.4) is 0 Å². The van der Waals surface area contributed by atoms with Gasteiger partial charge in [0.05, 0.1) is 9.79 Å². The van der Waals surface area contributed by atoms with Gasteiger partial charge in [0, 0.05) is 23.8 Å². The lowest BCUT2D eigenvalue weighted by Gasteiger charge is -2.28. The Morgan fingerprint density at radius 2 is 1.53 bits per heavy atom. The van der Waals surface area contributed by atoms with Crippen molar-refractivity contribution in [1.82, 2.24) is 4.31 Å². The van der Waals surface area contributed by atoms with Crippen LogP contribution in [0.1, 0.15) is 11.1 Å². The van der Waals surface area contributed by atoms with Gasteiger partial charge in [-0.15, -0.1) is 0 Å². The van der Waals surface area contributed by atoms with Crippen LogP contribution >= 0.6 is 11.6 Å². The van der Waals surface area contributed by atoms with Gasteiger partial charge >= 0.3 is 0 Å². The lowest BCUT2D eigenvalue weighted by atomic mass is 10.0. The Bertz CT molecular complexity index is 1290. The van der Waals surface area contributed by atoms with Gasteiger partial charge in [-0.05, 0) is 60.0 Å². The van der Waals surface area contributed by atoms with E-state index in [4.69, 9.17) is 11.6 Å². The van der Waals surface area contributed by atoms with Crippen LogP contribution in [0.25, 0.3) is 0 Å². The molecule has 9 heteroatoms. The van der Waals surface area contributed by atoms with E-state index >= 15 is 0 Å². The summed E-state index contributed by atoms with van der Waals surface area (Å²) in [5, 5.41) is 0.324. The molecule has 0 aliphatic carbocycles. The van der Waals surface area contributed by atoms with E-state index in [1.807, 2.05) is 6.07 Å². The average molecular weight is 463 g/mol. The van der Waals surface area contributed by atoms with E-state index in [0.717, 1.165) is 11.1 Å². The molecule has 1 aliphatic heterocycles. The number of halogens is 1. The van der Waals surface area contributed by atoms with Crippen molar-refractivity contribution in [3.63, 3.8) is 0 Å². The van der Waals surface area contributed by atoms with Gasteiger partial charge in [0.1, 0.15) is 0 Å². The van der Waals surface area contributed by atoms with Crippen LogP contribution in [0.5, 0.6) is 0 Å². The maximum atomic E-state index is 12.9. The molecule has 4 rings (SSSR count). The molecule has 30 heavy (non-hydrogen) atoms. The van der Waals surface area contributed by atoms with Crippen molar-refractivity contribution in [2.45, 2.75) is 22.8 Å². The summed E-state index contributed by atoms with van der Waals surface area (Å²) in [6.07, 6.45) is 0.558. The molecule has 0 bridgehead atoms. The molecular formula is C21H19ClN2O4S2. The Kier molecular flexibility index (Phi) is 5.59. The van der Waals surface area contributed by atoms with Crippen LogP contribution < -0.4 is 4.72 Å². The summed E-state index contributed by atoms with van der Waals surface area (Å²) in [7, 11) is -7.43. The van der Waals surface area contributed by atoms with Crippen molar-refractivity contribution in [2.24, 2.45) is 0 Å². The van der Waals surface area contributed by atoms with Gasteiger partial charge in [0.25, 0.3) is 10.0 Å². The number of fused-ring (bicyclic) bond motifs is 1. The Morgan fingerprint density at radius 3 is 2.27 bits per heavy atom. The van der Waals surface area contributed by atoms with Crippen molar-refractivity contribution in [3.05, 3.63) is 88.9 Å². The second-order valence-corrected chi connectivity index (χ2v) is 11.0. The van der Waals surface area contributed by atoms with Gasteiger partial charge in [0.15, 0.2) is 0 Å². The maximum Gasteiger partial charge on any atom is 0.261 e. The maximum absolute atomic E-state index is 12.9. The molecule has 0 atom stereocenters. The number of anilines is 1. The fourth-order valence-electron chi connectivity index (χ4n) is 3.39. The zero-order chi connectivity index (χ0) is 21.4. The molecule has 1 heterocycles. The topological polar surface area (TPSA) is 83.6 Å². The monoisotopic (exact) mass is 462 g/mol. The molecule has 3 aromatic rings. The van der Waals surface area contributed by atoms with E-state index in [9.17, 15) is 16.8 Å². The van der Waals surface area contributed by atoms with Gasteiger partial charge in [-0.2, -0.15) is 4.31 Å². The Hall–Kier alpha value is -2.39. The zero-order valence-corrected chi connectivity index (χ0v) is 18.2. The second kappa shape index (κ2) is 8.03. The molecule has 3 aromatic carbocycles. The zero-order valence-electron chi connectivity index (χ0n) is 15.8. The SMILES string of the molecule is O=S(=O)(Nc1ccc2c(c1)CN(S(=O)(=O)c1ccccc1)CC2)c1cccc(Cl)c1. The molecule has 1 N–H and O–H groups in total. The molecular weight excluding hydrogens is 444 g/mol. The molecule has 0 saturated heterocycles. The largest absolute Gasteiger partial charge is 0.280 e. The predicted molar refractivity (Wildman–Crippen MR) is 116 cm³/mol. The number of hydrogen-bond donors (Lipinski definition) is 1. The summed E-state index contributed by atoms with van der Waals surface area (Å²) < 4.78 is 55.1. The van der Waals surface area contributed by atoms with Crippen LogP contribution in [0.15, 0.2) is 82.6 Å². The predicted octanol–water partition coefficient (Wildman–Crippen LogP) is 3.89. The second-order valence-electron chi connectivity index (χ2n) is 6.95. The smallest absolute Gasteiger partial charge is 0.261 e. The summed E-state index contributed by atoms with van der Waals surface area (Å²) in [6, 6.07) is 19.5. The quantitative estimate of drug-likeness (QED) is 0.623. The molecule has 0 radical (unpaired) electrons. The van der Waals surface area contributed by atoms with Gasteiger partial charge < -0.3 is 0 Å². The van der Waals surface area contributed by atoms with Gasteiger partial charge in [-0.25, -0.2) is 16.8 Å². The summed E-state index contributed by atoms with van der Waals surface area (Å²) in [4.78, 5) is 0.298. The molecule has 0 saturated carbocycles. The highest BCUT2D eigenvalue weighted by Gasteiger charge is 2.28. The lowest BCUT2D eigenvalue weighted by molar-refractivity contribution is 0.391. The summed E-state index contributed by atoms with van der Waals surface area (Å²) in [5.41, 5.74) is 2.14. The van der Waals surface area contributed by atoms with Gasteiger partial charge in [0.2, 0.25) is 10.0 Å². The number of nitrogens with zero attached hydrogens (tertiary/aromatic N) is 1. The Balaban J connectivity index is 1.59. The van der Waals surface area contributed by atoms with Crippen LogP contribution in [0, 0.1) is 0 Å². The molecule has 0 fully saturated rings. The minimum absolute atomic E-state index is 0.0565. The third-order valence-electron chi connectivity index (χ3n) is 4.92. The van der Waals surface area contributed by atoms with E-state index in [-0.39, 0.29) is 16.3 Å². The number of nitrogens with one attached hydrogen (secondary N) is 1. The molecule has 0 unspecified atom stereocenters. The Labute approximate surface area is 181 Å². The number of benzene rings is 3. The molecule has 6 nitrogen and oxygen atoms in total. The standard InChI is InChI=1S/C21H19ClN2O4S2/c22-18-5-4-8-21(14-18)29(25,26)23-19-10-9-16-11-12-24(15-17(16)13-19)30(27,28)20-6-2-1-3-7-20/h1-10,13-14,23H,11-12,15H2. The van der Waals surface area contributed by atoms with E-state index in [1.165, 1.54) is 16.4 Å². The molecule has 0 amide bonds. The van der Waals surface area contributed by atoms with Crippen LogP contribution in [0.2, 0.25) is 5.02 Å². The van der Waals surface area contributed by atoms with E-state index in [2.05, 4.69) is 4.72 Å². The first-order valence-corrected chi connectivity index (χ1v) is 12.5. The highest BCUT2D eigenvalue weighted by atomic mass is 35.5. The number of rotatable bonds is 5. The van der Waals surface area contributed by atoms with Crippen molar-refractivity contribution < 1.29 is 16.8 Å². The number of hydrogen-bond acceptors (Lipinski definition) is 4. The molecule has 0 aromatic heterocycles. The van der Waals surface area contributed by atoms with Crippen molar-refractivity contribution in [3.8, 4) is 0 Å². The van der Waals surface area contributed by atoms with Gasteiger partial charge in [-0.3, -0.25) is 4.72 Å². The first-order chi connectivity index (χ1) is 14.3. The first kappa shape index (κ1) is 20.9. The van der Waals surface area contributed by atoms with E-state index in [0.29, 0.717) is 23.7 Å². The van der Waals surface area contributed by atoms with Crippen LogP contribution in [-0.4, -0.2) is 27.7 Å².